The summed E-state index contributed by atoms with van der Waals surface area (Å²) in [6, 6.07) is 0.900. The number of esters is 1. The fourth-order valence-corrected chi connectivity index (χ4v) is 1.99. The van der Waals surface area contributed by atoms with Gasteiger partial charge in [0, 0.05) is 18.6 Å². The lowest BCUT2D eigenvalue weighted by Crippen LogP contribution is -2.39. The third kappa shape index (κ3) is 4.77. The summed E-state index contributed by atoms with van der Waals surface area (Å²) in [4.78, 5) is 21.6. The molecule has 0 saturated heterocycles. The molecule has 0 saturated carbocycles. The molecule has 1 heterocycles. The van der Waals surface area contributed by atoms with Crippen LogP contribution in [0.5, 0.6) is 5.88 Å². The van der Waals surface area contributed by atoms with Crippen LogP contribution < -0.4 is 4.74 Å². The van der Waals surface area contributed by atoms with E-state index < -0.39 is 5.97 Å². The molecule has 1 aromatic heterocycles. The average molecular weight is 281 g/mol. The number of ether oxygens (including phenoxy) is 2. The van der Waals surface area contributed by atoms with Gasteiger partial charge < -0.3 is 9.47 Å². The van der Waals surface area contributed by atoms with E-state index in [0.29, 0.717) is 24.6 Å². The standard InChI is InChI=1S/C14H23N3O3/c1-10(2)17(11(3)4)6-7-20-13-9-15-8-12(16-13)14(18)19-5/h8-11H,6-7H2,1-5H3. The maximum absolute atomic E-state index is 11.3. The molecular weight excluding hydrogens is 258 g/mol. The van der Waals surface area contributed by atoms with Crippen molar-refractivity contribution in [2.75, 3.05) is 20.3 Å². The van der Waals surface area contributed by atoms with Crippen molar-refractivity contribution in [2.24, 2.45) is 0 Å². The van der Waals surface area contributed by atoms with Crippen molar-refractivity contribution in [3.63, 3.8) is 0 Å². The van der Waals surface area contributed by atoms with Crippen molar-refractivity contribution < 1.29 is 14.3 Å². The second kappa shape index (κ2) is 7.79. The zero-order chi connectivity index (χ0) is 15.1. The summed E-state index contributed by atoms with van der Waals surface area (Å²) in [5.41, 5.74) is 0.148. The maximum Gasteiger partial charge on any atom is 0.358 e. The van der Waals surface area contributed by atoms with Gasteiger partial charge in [0.2, 0.25) is 5.88 Å². The van der Waals surface area contributed by atoms with Gasteiger partial charge in [-0.15, -0.1) is 0 Å². The van der Waals surface area contributed by atoms with Crippen LogP contribution in [0.3, 0.4) is 0 Å². The van der Waals surface area contributed by atoms with Crippen molar-refractivity contribution in [1.29, 1.82) is 0 Å². The van der Waals surface area contributed by atoms with Gasteiger partial charge in [0.15, 0.2) is 5.69 Å². The lowest BCUT2D eigenvalue weighted by atomic mass is 10.2. The highest BCUT2D eigenvalue weighted by Gasteiger charge is 2.13. The molecule has 1 rings (SSSR count). The topological polar surface area (TPSA) is 64.6 Å². The third-order valence-electron chi connectivity index (χ3n) is 2.93. The minimum atomic E-state index is -0.520. The molecule has 0 aliphatic carbocycles. The number of rotatable bonds is 7. The van der Waals surface area contributed by atoms with Gasteiger partial charge in [0.05, 0.1) is 19.5 Å². The van der Waals surface area contributed by atoms with Crippen LogP contribution in [0, 0.1) is 0 Å². The molecule has 0 unspecified atom stereocenters. The van der Waals surface area contributed by atoms with Crippen LogP contribution in [0.1, 0.15) is 38.2 Å². The van der Waals surface area contributed by atoms with Gasteiger partial charge in [0.25, 0.3) is 0 Å². The van der Waals surface area contributed by atoms with Crippen LogP contribution in [0.4, 0.5) is 0 Å². The first-order valence-electron chi connectivity index (χ1n) is 6.74. The van der Waals surface area contributed by atoms with Gasteiger partial charge in [-0.2, -0.15) is 0 Å². The molecule has 0 aliphatic heterocycles. The Labute approximate surface area is 120 Å². The Morgan fingerprint density at radius 2 is 1.90 bits per heavy atom. The lowest BCUT2D eigenvalue weighted by Gasteiger charge is -2.30. The monoisotopic (exact) mass is 281 g/mol. The molecule has 6 heteroatoms. The smallest absolute Gasteiger partial charge is 0.358 e. The van der Waals surface area contributed by atoms with Crippen molar-refractivity contribution >= 4 is 5.97 Å². The number of carbonyl (C=O) groups excluding carboxylic acids is 1. The van der Waals surface area contributed by atoms with Crippen molar-refractivity contribution in [3.8, 4) is 5.88 Å². The van der Waals surface area contributed by atoms with Crippen molar-refractivity contribution in [3.05, 3.63) is 18.1 Å². The van der Waals surface area contributed by atoms with E-state index >= 15 is 0 Å². The Morgan fingerprint density at radius 3 is 2.45 bits per heavy atom. The summed E-state index contributed by atoms with van der Waals surface area (Å²) in [7, 11) is 1.31. The van der Waals surface area contributed by atoms with E-state index in [2.05, 4.69) is 47.3 Å². The summed E-state index contributed by atoms with van der Waals surface area (Å²) in [6.45, 7) is 9.89. The minimum absolute atomic E-state index is 0.148. The molecule has 0 spiro atoms. The fourth-order valence-electron chi connectivity index (χ4n) is 1.99. The van der Waals surface area contributed by atoms with Crippen LogP contribution in [0.25, 0.3) is 0 Å². The third-order valence-corrected chi connectivity index (χ3v) is 2.93. The average Bonchev–Trinajstić information content (AvgIpc) is 2.42. The Kier molecular flexibility index (Phi) is 6.38. The zero-order valence-electron chi connectivity index (χ0n) is 12.8. The Balaban J connectivity index is 2.55. The van der Waals surface area contributed by atoms with Crippen molar-refractivity contribution in [2.45, 2.75) is 39.8 Å². The summed E-state index contributed by atoms with van der Waals surface area (Å²) >= 11 is 0. The quantitative estimate of drug-likeness (QED) is 0.710. The first-order chi connectivity index (χ1) is 9.45. The molecule has 1 aromatic rings. The number of aromatic nitrogens is 2. The molecular formula is C14H23N3O3. The van der Waals surface area contributed by atoms with Crippen LogP contribution in [0.15, 0.2) is 12.4 Å². The Hall–Kier alpha value is -1.69. The molecule has 6 nitrogen and oxygen atoms in total. The molecule has 112 valence electrons. The van der Waals surface area contributed by atoms with E-state index in [1.807, 2.05) is 0 Å². The fraction of sp³-hybridized carbons (Fsp3) is 0.643. The van der Waals surface area contributed by atoms with Gasteiger partial charge in [-0.25, -0.2) is 9.78 Å². The molecule has 0 fully saturated rings. The summed E-state index contributed by atoms with van der Waals surface area (Å²) in [5.74, 6) is -0.186. The molecule has 0 bridgehead atoms. The largest absolute Gasteiger partial charge is 0.475 e. The molecule has 0 atom stereocenters. The second-order valence-electron chi connectivity index (χ2n) is 5.01. The highest BCUT2D eigenvalue weighted by Crippen LogP contribution is 2.08. The molecule has 0 amide bonds. The number of hydrogen-bond acceptors (Lipinski definition) is 6. The van der Waals surface area contributed by atoms with E-state index in [1.165, 1.54) is 19.5 Å². The zero-order valence-corrected chi connectivity index (χ0v) is 12.8. The number of nitrogens with zero attached hydrogens (tertiary/aromatic N) is 3. The van der Waals surface area contributed by atoms with E-state index in [-0.39, 0.29) is 5.69 Å². The van der Waals surface area contributed by atoms with Gasteiger partial charge >= 0.3 is 5.97 Å². The second-order valence-corrected chi connectivity index (χ2v) is 5.01. The maximum atomic E-state index is 11.3. The number of hydrogen-bond donors (Lipinski definition) is 0. The highest BCUT2D eigenvalue weighted by atomic mass is 16.5. The SMILES string of the molecule is COC(=O)c1cncc(OCCN(C(C)C)C(C)C)n1. The summed E-state index contributed by atoms with van der Waals surface area (Å²) in [6.07, 6.45) is 2.84. The Morgan fingerprint density at radius 1 is 1.25 bits per heavy atom. The summed E-state index contributed by atoms with van der Waals surface area (Å²) < 4.78 is 10.1. The van der Waals surface area contributed by atoms with Gasteiger partial charge in [-0.3, -0.25) is 9.88 Å². The molecule has 0 aliphatic rings. The van der Waals surface area contributed by atoms with Gasteiger partial charge in [-0.1, -0.05) is 0 Å². The van der Waals surface area contributed by atoms with Crippen LogP contribution >= 0.6 is 0 Å². The number of methoxy groups -OCH3 is 1. The highest BCUT2D eigenvalue weighted by molar-refractivity contribution is 5.86. The predicted molar refractivity (Wildman–Crippen MR) is 75.8 cm³/mol. The first kappa shape index (κ1) is 16.4. The Bertz CT molecular complexity index is 427. The van der Waals surface area contributed by atoms with Gasteiger partial charge in [0.1, 0.15) is 6.61 Å². The normalized spacial score (nSPS) is 11.2. The van der Waals surface area contributed by atoms with Crippen molar-refractivity contribution in [1.82, 2.24) is 14.9 Å². The first-order valence-corrected chi connectivity index (χ1v) is 6.74. The number of carbonyl (C=O) groups is 1. The van der Waals surface area contributed by atoms with E-state index in [4.69, 9.17) is 4.74 Å². The van der Waals surface area contributed by atoms with E-state index in [1.54, 1.807) is 0 Å². The predicted octanol–water partition coefficient (Wildman–Crippen LogP) is 1.76. The van der Waals surface area contributed by atoms with Gasteiger partial charge in [-0.05, 0) is 27.7 Å². The molecule has 0 N–H and O–H groups in total. The molecule has 20 heavy (non-hydrogen) atoms. The molecule has 0 radical (unpaired) electrons. The van der Waals surface area contributed by atoms with Crippen LogP contribution in [0.2, 0.25) is 0 Å². The van der Waals surface area contributed by atoms with Crippen LogP contribution in [-0.4, -0.2) is 53.2 Å². The van der Waals surface area contributed by atoms with E-state index in [9.17, 15) is 4.79 Å². The van der Waals surface area contributed by atoms with Crippen LogP contribution in [-0.2, 0) is 4.74 Å². The minimum Gasteiger partial charge on any atom is -0.475 e. The molecule has 0 aromatic carbocycles. The lowest BCUT2D eigenvalue weighted by molar-refractivity contribution is 0.0591. The summed E-state index contributed by atoms with van der Waals surface area (Å²) in [5, 5.41) is 0. The van der Waals surface area contributed by atoms with E-state index in [0.717, 1.165) is 6.54 Å².